The molecule has 1 N–H and O–H groups in total. The summed E-state index contributed by atoms with van der Waals surface area (Å²) in [6.07, 6.45) is -1.06. The number of nitrogens with one attached hydrogen (secondary N) is 1. The maximum Gasteiger partial charge on any atom is 0.414 e. The number of nitrogens with zero attached hydrogens (tertiary/aromatic N) is 3. The Morgan fingerprint density at radius 1 is 1.24 bits per heavy atom. The molecule has 0 spiro atoms. The molecule has 0 bridgehead atoms. The molecule has 0 saturated carbocycles. The van der Waals surface area contributed by atoms with Gasteiger partial charge in [-0.2, -0.15) is 0 Å². The largest absolute Gasteiger partial charge is 0.468 e. The van der Waals surface area contributed by atoms with Crippen LogP contribution in [0.2, 0.25) is 0 Å². The van der Waals surface area contributed by atoms with E-state index >= 15 is 4.39 Å². The van der Waals surface area contributed by atoms with E-state index in [2.05, 4.69) is 5.32 Å². The van der Waals surface area contributed by atoms with E-state index in [-0.39, 0.29) is 30.3 Å². The zero-order valence-corrected chi connectivity index (χ0v) is 19.9. The van der Waals surface area contributed by atoms with Gasteiger partial charge in [-0.1, -0.05) is 30.3 Å². The van der Waals surface area contributed by atoms with Crippen molar-refractivity contribution in [1.82, 2.24) is 10.2 Å². The number of cyclic esters (lactones) is 1. The van der Waals surface area contributed by atoms with Gasteiger partial charge < -0.3 is 24.6 Å². The molecule has 34 heavy (non-hydrogen) atoms. The van der Waals surface area contributed by atoms with E-state index in [0.717, 1.165) is 5.56 Å². The molecule has 2 aromatic carbocycles. The number of anilines is 2. The molecule has 2 heterocycles. The van der Waals surface area contributed by atoms with Crippen LogP contribution in [0.25, 0.3) is 0 Å². The van der Waals surface area contributed by atoms with Crippen LogP contribution in [0.3, 0.4) is 0 Å². The third-order valence-corrected chi connectivity index (χ3v) is 5.75. The Kier molecular flexibility index (Phi) is 7.16. The van der Waals surface area contributed by atoms with Crippen LogP contribution in [0.4, 0.5) is 20.6 Å². The second kappa shape index (κ2) is 10.3. The van der Waals surface area contributed by atoms with Crippen molar-refractivity contribution in [1.29, 1.82) is 0 Å². The van der Waals surface area contributed by atoms with Crippen LogP contribution in [-0.2, 0) is 20.8 Å². The first-order valence-electron chi connectivity index (χ1n) is 11.1. The summed E-state index contributed by atoms with van der Waals surface area (Å²) in [5.74, 6) is -0.571. The lowest BCUT2D eigenvalue weighted by Crippen LogP contribution is -2.35. The summed E-state index contributed by atoms with van der Waals surface area (Å²) in [5.41, 5.74) is 1.72. The number of hydrogen-bond acceptors (Lipinski definition) is 6. The fourth-order valence-corrected chi connectivity index (χ4v) is 4.19. The highest BCUT2D eigenvalue weighted by Gasteiger charge is 2.34. The van der Waals surface area contributed by atoms with Crippen LogP contribution < -0.4 is 15.1 Å². The van der Waals surface area contributed by atoms with Gasteiger partial charge in [-0.15, -0.1) is 0 Å². The molecule has 8 nitrogen and oxygen atoms in total. The Bertz CT molecular complexity index is 1070. The second-order valence-corrected chi connectivity index (χ2v) is 8.87. The summed E-state index contributed by atoms with van der Waals surface area (Å²) in [6, 6.07) is 14.2. The fourth-order valence-electron chi connectivity index (χ4n) is 3.91. The van der Waals surface area contributed by atoms with Crippen LogP contribution in [0, 0.1) is 5.82 Å². The molecule has 2 aromatic rings. The Morgan fingerprint density at radius 3 is 2.71 bits per heavy atom. The lowest BCUT2D eigenvalue weighted by Gasteiger charge is -2.21. The van der Waals surface area contributed by atoms with E-state index in [1.165, 1.54) is 11.0 Å². The first kappa shape index (κ1) is 23.7. The predicted molar refractivity (Wildman–Crippen MR) is 130 cm³/mol. The van der Waals surface area contributed by atoms with Crippen molar-refractivity contribution < 1.29 is 23.5 Å². The Labute approximate surface area is 203 Å². The molecule has 2 amide bonds. The van der Waals surface area contributed by atoms with Gasteiger partial charge in [0.15, 0.2) is 0 Å². The molecule has 2 aliphatic rings. The van der Waals surface area contributed by atoms with Gasteiger partial charge in [0.25, 0.3) is 5.17 Å². The second-order valence-electron chi connectivity index (χ2n) is 8.50. The van der Waals surface area contributed by atoms with E-state index in [4.69, 9.17) is 21.7 Å². The molecular weight excluding hydrogens is 459 g/mol. The summed E-state index contributed by atoms with van der Waals surface area (Å²) in [5, 5.41) is 3.16. The number of benzene rings is 2. The number of carbonyl (C=O) groups is 2. The Morgan fingerprint density at radius 2 is 2.00 bits per heavy atom. The van der Waals surface area contributed by atoms with Gasteiger partial charge in [0.1, 0.15) is 11.9 Å². The molecule has 10 heteroatoms. The standard InChI is InChI=1S/C24H27FN4O4S/c1-16(2)32-23(34)26-11-19-13-29(24(31)33-19)18-8-9-21(20(25)10-18)27-14-22(30)28(15-27)12-17-6-4-3-5-7-17/h3-10,16,19H,11-15H2,1-2H3,(H,26,34)/t19-/m0/s1. The van der Waals surface area contributed by atoms with Crippen LogP contribution in [0.5, 0.6) is 0 Å². The molecule has 2 saturated heterocycles. The van der Waals surface area contributed by atoms with Gasteiger partial charge in [-0.25, -0.2) is 9.18 Å². The number of halogens is 1. The average molecular weight is 487 g/mol. The van der Waals surface area contributed by atoms with Crippen molar-refractivity contribution in [2.75, 3.05) is 36.1 Å². The van der Waals surface area contributed by atoms with Gasteiger partial charge >= 0.3 is 6.09 Å². The molecule has 0 radical (unpaired) electrons. The summed E-state index contributed by atoms with van der Waals surface area (Å²) < 4.78 is 25.8. The topological polar surface area (TPSA) is 74.4 Å². The molecule has 1 atom stereocenters. The third kappa shape index (κ3) is 5.56. The van der Waals surface area contributed by atoms with Gasteiger partial charge in [-0.05, 0) is 49.8 Å². The Hall–Kier alpha value is -3.40. The highest BCUT2D eigenvalue weighted by Crippen LogP contribution is 2.29. The molecule has 4 rings (SSSR count). The van der Waals surface area contributed by atoms with Crippen LogP contribution >= 0.6 is 12.2 Å². The zero-order valence-electron chi connectivity index (χ0n) is 19.1. The van der Waals surface area contributed by atoms with Gasteiger partial charge in [0, 0.05) is 6.54 Å². The van der Waals surface area contributed by atoms with Gasteiger partial charge in [-0.3, -0.25) is 9.69 Å². The monoisotopic (exact) mass is 486 g/mol. The number of carbonyl (C=O) groups excluding carboxylic acids is 2. The molecule has 180 valence electrons. The maximum absolute atomic E-state index is 15.0. The van der Waals surface area contributed by atoms with Crippen molar-refractivity contribution >= 4 is 40.8 Å². The van der Waals surface area contributed by atoms with Gasteiger partial charge in [0.05, 0.1) is 43.8 Å². The third-order valence-electron chi connectivity index (χ3n) is 5.51. The van der Waals surface area contributed by atoms with E-state index in [1.54, 1.807) is 21.9 Å². The zero-order chi connectivity index (χ0) is 24.2. The minimum absolute atomic E-state index is 0.0552. The lowest BCUT2D eigenvalue weighted by atomic mass is 10.2. The molecule has 0 unspecified atom stereocenters. The summed E-state index contributed by atoms with van der Waals surface area (Å²) in [4.78, 5) is 29.6. The summed E-state index contributed by atoms with van der Waals surface area (Å²) >= 11 is 5.09. The molecule has 0 aromatic heterocycles. The number of thiocarbonyl (C=S) groups is 1. The summed E-state index contributed by atoms with van der Waals surface area (Å²) in [7, 11) is 0. The van der Waals surface area contributed by atoms with Crippen LogP contribution in [0.15, 0.2) is 48.5 Å². The Balaban J connectivity index is 1.37. The minimum Gasteiger partial charge on any atom is -0.468 e. The molecule has 2 fully saturated rings. The fraction of sp³-hybridized carbons (Fsp3) is 0.375. The number of ether oxygens (including phenoxy) is 2. The molecule has 0 aliphatic carbocycles. The van der Waals surface area contributed by atoms with E-state index in [9.17, 15) is 9.59 Å². The maximum atomic E-state index is 15.0. The van der Waals surface area contributed by atoms with Crippen molar-refractivity contribution in [3.63, 3.8) is 0 Å². The molecule has 2 aliphatic heterocycles. The van der Waals surface area contributed by atoms with Gasteiger partial charge in [0.2, 0.25) is 5.91 Å². The smallest absolute Gasteiger partial charge is 0.414 e. The predicted octanol–water partition coefficient (Wildman–Crippen LogP) is 3.26. The lowest BCUT2D eigenvalue weighted by molar-refractivity contribution is -0.127. The van der Waals surface area contributed by atoms with Crippen molar-refractivity contribution in [2.24, 2.45) is 0 Å². The van der Waals surface area contributed by atoms with E-state index in [0.29, 0.717) is 31.1 Å². The first-order chi connectivity index (χ1) is 16.3. The average Bonchev–Trinajstić information content (AvgIpc) is 3.34. The van der Waals surface area contributed by atoms with Crippen LogP contribution in [-0.4, -0.2) is 60.6 Å². The first-order valence-corrected chi connectivity index (χ1v) is 11.5. The van der Waals surface area contributed by atoms with Crippen LogP contribution in [0.1, 0.15) is 19.4 Å². The number of rotatable bonds is 7. The summed E-state index contributed by atoms with van der Waals surface area (Å²) in [6.45, 7) is 5.13. The normalized spacial score (nSPS) is 18.0. The SMILES string of the molecule is CC(C)OC(=S)NC[C@H]1CN(c2ccc(N3CC(=O)N(Cc4ccccc4)C3)c(F)c2)C(=O)O1. The highest BCUT2D eigenvalue weighted by molar-refractivity contribution is 7.80. The minimum atomic E-state index is -0.556. The van der Waals surface area contributed by atoms with Crippen molar-refractivity contribution in [2.45, 2.75) is 32.6 Å². The number of amides is 2. The highest BCUT2D eigenvalue weighted by atomic mass is 32.1. The van der Waals surface area contributed by atoms with E-state index in [1.807, 2.05) is 44.2 Å². The molecular formula is C24H27FN4O4S. The van der Waals surface area contributed by atoms with Crippen molar-refractivity contribution in [3.05, 3.63) is 59.9 Å². The number of hydrogen-bond donors (Lipinski definition) is 1. The van der Waals surface area contributed by atoms with E-state index < -0.39 is 18.0 Å². The van der Waals surface area contributed by atoms with Crippen molar-refractivity contribution in [3.8, 4) is 0 Å². The quantitative estimate of drug-likeness (QED) is 0.602.